The Morgan fingerprint density at radius 3 is 2.71 bits per heavy atom. The van der Waals surface area contributed by atoms with Crippen molar-refractivity contribution < 1.29 is 9.72 Å². The molecule has 3 rings (SSSR count). The second-order valence-corrected chi connectivity index (χ2v) is 6.46. The fourth-order valence-corrected chi connectivity index (χ4v) is 2.87. The number of benzene rings is 1. The van der Waals surface area contributed by atoms with Gasteiger partial charge in [-0.1, -0.05) is 6.92 Å². The number of amides is 1. The van der Waals surface area contributed by atoms with Crippen LogP contribution in [0.25, 0.3) is 0 Å². The number of hydrogen-bond donors (Lipinski definition) is 3. The topological polar surface area (TPSA) is 96.3 Å². The van der Waals surface area contributed by atoms with E-state index >= 15 is 0 Å². The molecule has 2 unspecified atom stereocenters. The standard InChI is InChI=1S/C16H22N4O3.ClH/c1-10-9-17-7-6-13(10)19-16(21)11-2-5-14(18-12-3-4-12)15(8-11)20(22)23;/h2,5,8,10,12-13,17-18H,3-4,6-7,9H2,1H3,(H,19,21);1H. The normalized spacial score (nSPS) is 23.0. The summed E-state index contributed by atoms with van der Waals surface area (Å²) in [7, 11) is 0. The smallest absolute Gasteiger partial charge is 0.293 e. The molecule has 0 radical (unpaired) electrons. The van der Waals surface area contributed by atoms with Crippen LogP contribution in [0.3, 0.4) is 0 Å². The van der Waals surface area contributed by atoms with Crippen molar-refractivity contribution in [3.05, 3.63) is 33.9 Å². The lowest BCUT2D eigenvalue weighted by Crippen LogP contribution is -2.48. The molecule has 0 aromatic heterocycles. The maximum atomic E-state index is 12.4. The summed E-state index contributed by atoms with van der Waals surface area (Å²) in [6.45, 7) is 3.83. The van der Waals surface area contributed by atoms with Crippen molar-refractivity contribution in [1.29, 1.82) is 0 Å². The molecule has 2 fully saturated rings. The number of nitro benzene ring substituents is 1. The number of nitrogens with one attached hydrogen (secondary N) is 3. The van der Waals surface area contributed by atoms with Gasteiger partial charge in [0.25, 0.3) is 11.6 Å². The van der Waals surface area contributed by atoms with Gasteiger partial charge < -0.3 is 16.0 Å². The van der Waals surface area contributed by atoms with E-state index < -0.39 is 4.92 Å². The highest BCUT2D eigenvalue weighted by Gasteiger charge is 2.27. The maximum Gasteiger partial charge on any atom is 0.293 e. The number of carbonyl (C=O) groups excluding carboxylic acids is 1. The summed E-state index contributed by atoms with van der Waals surface area (Å²) in [4.78, 5) is 23.2. The van der Waals surface area contributed by atoms with Crippen LogP contribution >= 0.6 is 12.4 Å². The van der Waals surface area contributed by atoms with Gasteiger partial charge in [0, 0.05) is 23.7 Å². The van der Waals surface area contributed by atoms with Gasteiger partial charge in [-0.15, -0.1) is 12.4 Å². The Morgan fingerprint density at radius 2 is 2.08 bits per heavy atom. The van der Waals surface area contributed by atoms with Crippen LogP contribution in [0.1, 0.15) is 36.5 Å². The number of nitrogens with zero attached hydrogens (tertiary/aromatic N) is 1. The molecular weight excluding hydrogens is 332 g/mol. The van der Waals surface area contributed by atoms with E-state index in [1.165, 1.54) is 6.07 Å². The van der Waals surface area contributed by atoms with Crippen LogP contribution in [-0.4, -0.2) is 36.0 Å². The van der Waals surface area contributed by atoms with Gasteiger partial charge in [0.15, 0.2) is 0 Å². The largest absolute Gasteiger partial charge is 0.377 e. The summed E-state index contributed by atoms with van der Waals surface area (Å²) in [5, 5.41) is 20.7. The van der Waals surface area contributed by atoms with Crippen molar-refractivity contribution in [2.24, 2.45) is 5.92 Å². The number of nitro groups is 1. The molecule has 7 nitrogen and oxygen atoms in total. The van der Waals surface area contributed by atoms with Crippen LogP contribution in [0.5, 0.6) is 0 Å². The highest BCUT2D eigenvalue weighted by molar-refractivity contribution is 5.96. The average molecular weight is 355 g/mol. The first-order valence-corrected chi connectivity index (χ1v) is 8.11. The Hall–Kier alpha value is -1.86. The number of halogens is 1. The van der Waals surface area contributed by atoms with E-state index in [4.69, 9.17) is 0 Å². The van der Waals surface area contributed by atoms with Crippen molar-refractivity contribution in [2.45, 2.75) is 38.3 Å². The Morgan fingerprint density at radius 1 is 1.33 bits per heavy atom. The van der Waals surface area contributed by atoms with E-state index in [2.05, 4.69) is 22.9 Å². The third-order valence-electron chi connectivity index (χ3n) is 4.50. The summed E-state index contributed by atoms with van der Waals surface area (Å²) < 4.78 is 0. The Kier molecular flexibility index (Phi) is 6.01. The van der Waals surface area contributed by atoms with Crippen molar-refractivity contribution in [1.82, 2.24) is 10.6 Å². The van der Waals surface area contributed by atoms with Crippen LogP contribution < -0.4 is 16.0 Å². The van der Waals surface area contributed by atoms with Crippen LogP contribution in [-0.2, 0) is 0 Å². The van der Waals surface area contributed by atoms with Gasteiger partial charge >= 0.3 is 0 Å². The first-order chi connectivity index (χ1) is 11.0. The number of piperidine rings is 1. The van der Waals surface area contributed by atoms with Gasteiger partial charge in [0.1, 0.15) is 5.69 Å². The van der Waals surface area contributed by atoms with Crippen LogP contribution in [0.2, 0.25) is 0 Å². The second kappa shape index (κ2) is 7.81. The maximum absolute atomic E-state index is 12.4. The highest BCUT2D eigenvalue weighted by atomic mass is 35.5. The molecule has 1 aliphatic heterocycles. The number of rotatable bonds is 5. The monoisotopic (exact) mass is 354 g/mol. The Bertz CT molecular complexity index is 621. The average Bonchev–Trinajstić information content (AvgIpc) is 3.33. The molecule has 0 bridgehead atoms. The van der Waals surface area contributed by atoms with Crippen LogP contribution in [0.15, 0.2) is 18.2 Å². The molecule has 3 N–H and O–H groups in total. The van der Waals surface area contributed by atoms with Crippen molar-refractivity contribution in [2.75, 3.05) is 18.4 Å². The second-order valence-electron chi connectivity index (χ2n) is 6.46. The highest BCUT2D eigenvalue weighted by Crippen LogP contribution is 2.31. The zero-order valence-electron chi connectivity index (χ0n) is 13.6. The minimum absolute atomic E-state index is 0. The molecule has 1 saturated carbocycles. The van der Waals surface area contributed by atoms with E-state index in [-0.39, 0.29) is 30.0 Å². The number of hydrogen-bond acceptors (Lipinski definition) is 5. The number of anilines is 1. The molecule has 1 aliphatic carbocycles. The molecule has 0 spiro atoms. The molecule has 24 heavy (non-hydrogen) atoms. The molecule has 2 aliphatic rings. The zero-order valence-corrected chi connectivity index (χ0v) is 14.4. The molecule has 1 saturated heterocycles. The third-order valence-corrected chi connectivity index (χ3v) is 4.50. The predicted molar refractivity (Wildman–Crippen MR) is 94.9 cm³/mol. The van der Waals surface area contributed by atoms with Gasteiger partial charge in [-0.25, -0.2) is 0 Å². The van der Waals surface area contributed by atoms with Crippen molar-refractivity contribution in [3.8, 4) is 0 Å². The molecule has 1 heterocycles. The first-order valence-electron chi connectivity index (χ1n) is 8.11. The molecule has 132 valence electrons. The van der Waals surface area contributed by atoms with Gasteiger partial charge in [0.05, 0.1) is 4.92 Å². The van der Waals surface area contributed by atoms with Gasteiger partial charge in [-0.05, 0) is 50.4 Å². The van der Waals surface area contributed by atoms with E-state index in [0.717, 1.165) is 32.4 Å². The van der Waals surface area contributed by atoms with E-state index in [0.29, 0.717) is 23.2 Å². The molecule has 1 aromatic carbocycles. The SMILES string of the molecule is CC1CNCCC1NC(=O)c1ccc(NC2CC2)c([N+](=O)[O-])c1.Cl. The Balaban J connectivity index is 0.00000208. The zero-order chi connectivity index (χ0) is 16.4. The van der Waals surface area contributed by atoms with Crippen LogP contribution in [0, 0.1) is 16.0 Å². The van der Waals surface area contributed by atoms with Crippen molar-refractivity contribution in [3.63, 3.8) is 0 Å². The lowest BCUT2D eigenvalue weighted by molar-refractivity contribution is -0.384. The molecular formula is C16H23ClN4O3. The van der Waals surface area contributed by atoms with Crippen LogP contribution in [0.4, 0.5) is 11.4 Å². The molecule has 2 atom stereocenters. The van der Waals surface area contributed by atoms with E-state index in [9.17, 15) is 14.9 Å². The first kappa shape index (κ1) is 18.5. The quantitative estimate of drug-likeness (QED) is 0.557. The third kappa shape index (κ3) is 4.36. The fraction of sp³-hybridized carbons (Fsp3) is 0.562. The summed E-state index contributed by atoms with van der Waals surface area (Å²) >= 11 is 0. The summed E-state index contributed by atoms with van der Waals surface area (Å²) in [6.07, 6.45) is 2.94. The van der Waals surface area contributed by atoms with E-state index in [1.807, 2.05) is 0 Å². The summed E-state index contributed by atoms with van der Waals surface area (Å²) in [5.74, 6) is 0.100. The number of carbonyl (C=O) groups is 1. The summed E-state index contributed by atoms with van der Waals surface area (Å²) in [5.41, 5.74) is 0.788. The van der Waals surface area contributed by atoms with E-state index in [1.54, 1.807) is 12.1 Å². The fourth-order valence-electron chi connectivity index (χ4n) is 2.87. The predicted octanol–water partition coefficient (Wildman–Crippen LogP) is 2.32. The van der Waals surface area contributed by atoms with Crippen molar-refractivity contribution >= 4 is 29.7 Å². The van der Waals surface area contributed by atoms with Gasteiger partial charge in [-0.3, -0.25) is 14.9 Å². The molecule has 1 aromatic rings. The molecule has 1 amide bonds. The lowest BCUT2D eigenvalue weighted by Gasteiger charge is -2.30. The minimum atomic E-state index is -0.436. The van der Waals surface area contributed by atoms with Gasteiger partial charge in [-0.2, -0.15) is 0 Å². The van der Waals surface area contributed by atoms with Gasteiger partial charge in [0.2, 0.25) is 0 Å². The summed E-state index contributed by atoms with van der Waals surface area (Å²) in [6, 6.07) is 5.08. The lowest BCUT2D eigenvalue weighted by atomic mass is 9.95. The minimum Gasteiger partial charge on any atom is -0.377 e. The Labute approximate surface area is 147 Å². The molecule has 8 heteroatoms.